The average molecular weight is 1420 g/mol. The summed E-state index contributed by atoms with van der Waals surface area (Å²) in [5.74, 6) is -1.67. The molecule has 0 aromatic carbocycles. The molecule has 0 aliphatic carbocycles. The first-order valence-electron chi connectivity index (χ1n) is 44.0. The number of nitrogens with zero attached hydrogens (tertiary/aromatic N) is 2. The predicted molar refractivity (Wildman–Crippen MR) is 421 cm³/mol. The van der Waals surface area contributed by atoms with Crippen LogP contribution < -0.4 is 10.6 Å². The highest BCUT2D eigenvalue weighted by atomic mass is 16.5. The number of carbonyl (C=O) groups excluding carboxylic acids is 4. The highest BCUT2D eigenvalue weighted by Gasteiger charge is 2.34. The van der Waals surface area contributed by atoms with Crippen LogP contribution in [0.25, 0.3) is 0 Å². The maximum atomic E-state index is 13.2. The second kappa shape index (κ2) is 73.5. The van der Waals surface area contributed by atoms with E-state index in [1.54, 1.807) is 0 Å². The van der Waals surface area contributed by atoms with E-state index >= 15 is 0 Å². The number of esters is 2. The molecule has 0 bridgehead atoms. The Bertz CT molecular complexity index is 1580. The van der Waals surface area contributed by atoms with E-state index < -0.39 is 60.3 Å². The van der Waals surface area contributed by atoms with Gasteiger partial charge >= 0.3 is 11.9 Å². The monoisotopic (exact) mass is 1420 g/mol. The Kier molecular flexibility index (Phi) is 70.3. The van der Waals surface area contributed by atoms with Crippen molar-refractivity contribution in [2.75, 3.05) is 52.5 Å². The van der Waals surface area contributed by atoms with Crippen LogP contribution in [0.1, 0.15) is 439 Å². The maximum Gasteiger partial charge on any atom is 0.307 e. The van der Waals surface area contributed by atoms with Gasteiger partial charge in [0.15, 0.2) is 0 Å². The molecule has 0 aromatic rings. The number of carbonyl (C=O) groups is 4. The number of amides is 2. The summed E-state index contributed by atoms with van der Waals surface area (Å²) in [5.41, 5.74) is 0. The molecule has 1 heterocycles. The Morgan fingerprint density at radius 3 is 0.650 bits per heavy atom. The first kappa shape index (κ1) is 95.7. The molecule has 1 fully saturated rings. The lowest BCUT2D eigenvalue weighted by Gasteiger charge is -2.29. The summed E-state index contributed by atoms with van der Waals surface area (Å²) >= 11 is 0. The van der Waals surface area contributed by atoms with Gasteiger partial charge in [-0.15, -0.1) is 0 Å². The molecule has 1 aliphatic rings. The van der Waals surface area contributed by atoms with Crippen molar-refractivity contribution in [3.8, 4) is 0 Å². The molecule has 592 valence electrons. The minimum absolute atomic E-state index is 0.0625. The van der Waals surface area contributed by atoms with Crippen molar-refractivity contribution < 1.29 is 49.1 Å². The molecule has 6 unspecified atom stereocenters. The predicted octanol–water partition coefficient (Wildman–Crippen LogP) is 21.1. The molecule has 6 atom stereocenters. The zero-order valence-corrected chi connectivity index (χ0v) is 66.5. The molecule has 0 aromatic heterocycles. The van der Waals surface area contributed by atoms with Gasteiger partial charge in [-0.25, -0.2) is 0 Å². The molecular formula is C86H168N4O10. The molecule has 0 spiro atoms. The van der Waals surface area contributed by atoms with Gasteiger partial charge in [-0.05, 0) is 25.7 Å². The zero-order chi connectivity index (χ0) is 72.7. The molecule has 2 amide bonds. The van der Waals surface area contributed by atoms with Crippen LogP contribution in [0.2, 0.25) is 0 Å². The van der Waals surface area contributed by atoms with Crippen LogP contribution in [-0.4, -0.2) is 143 Å². The van der Waals surface area contributed by atoms with Crippen molar-refractivity contribution in [3.63, 3.8) is 0 Å². The Hall–Kier alpha value is -2.36. The highest BCUT2D eigenvalue weighted by Crippen LogP contribution is 2.21. The van der Waals surface area contributed by atoms with Gasteiger partial charge < -0.3 is 40.5 Å². The number of aliphatic hydroxyl groups is 4. The summed E-state index contributed by atoms with van der Waals surface area (Å²) in [5, 5.41) is 50.3. The molecule has 100 heavy (non-hydrogen) atoms. The van der Waals surface area contributed by atoms with E-state index in [1.165, 1.54) is 308 Å². The first-order chi connectivity index (χ1) is 48.9. The molecule has 14 heteroatoms. The van der Waals surface area contributed by atoms with Crippen LogP contribution >= 0.6 is 0 Å². The summed E-state index contributed by atoms with van der Waals surface area (Å²) in [6.07, 6.45) is 72.6. The smallest absolute Gasteiger partial charge is 0.307 e. The topological polar surface area (TPSA) is 198 Å². The van der Waals surface area contributed by atoms with Crippen LogP contribution in [0, 0.1) is 0 Å². The molecular weight excluding hydrogens is 1250 g/mol. The lowest BCUT2D eigenvalue weighted by molar-refractivity contribution is -0.147. The third kappa shape index (κ3) is 64.1. The van der Waals surface area contributed by atoms with Crippen LogP contribution in [0.15, 0.2) is 0 Å². The standard InChI is InChI=1S/C86H168N4O10/c1-5-9-13-17-21-25-29-33-37-41-45-49-53-57-61-77(91)73-89(74-78(92)62-58-54-50-46-42-38-34-30-26-22-18-14-10-6-2)69-65-83(95)99-71-67-81-85(97)88-82(86(98)87-81)68-72-100-84(96)66-70-90(75-79(93)63-59-55-51-47-43-39-35-31-27-23-19-15-11-7-3)76-80(94)64-60-56-52-48-44-40-36-32-28-24-20-16-12-8-4/h77-82,91-94H,5-76H2,1-4H3,(H,87,98)(H,88,97). The van der Waals surface area contributed by atoms with Crippen LogP contribution in [0.5, 0.6) is 0 Å². The minimum Gasteiger partial charge on any atom is -0.466 e. The van der Waals surface area contributed by atoms with Crippen molar-refractivity contribution in [1.82, 2.24) is 20.4 Å². The third-order valence-electron chi connectivity index (χ3n) is 21.3. The summed E-state index contributed by atoms with van der Waals surface area (Å²) < 4.78 is 11.2. The Balaban J connectivity index is 2.61. The Morgan fingerprint density at radius 1 is 0.300 bits per heavy atom. The summed E-state index contributed by atoms with van der Waals surface area (Å²) in [4.78, 5) is 56.8. The van der Waals surface area contributed by atoms with E-state index in [0.29, 0.717) is 65.0 Å². The molecule has 0 saturated carbocycles. The van der Waals surface area contributed by atoms with Gasteiger partial charge in [0.1, 0.15) is 12.1 Å². The SMILES string of the molecule is CCCCCCCCCCCCCCCCC(O)CN(CCC(=O)OCCC1NC(=O)C(CCOC(=O)CCN(CC(O)CCCCCCCCCCCCCCCC)CC(O)CCCCCCCCCCCCCCCC)NC1=O)CC(O)CCCCCCCCCCCCCCCC. The van der Waals surface area contributed by atoms with Gasteiger partial charge in [-0.1, -0.05) is 387 Å². The van der Waals surface area contributed by atoms with Crippen LogP contribution in [-0.2, 0) is 28.7 Å². The van der Waals surface area contributed by atoms with Crippen molar-refractivity contribution in [2.45, 2.75) is 475 Å². The van der Waals surface area contributed by atoms with Gasteiger partial charge in [0.2, 0.25) is 11.8 Å². The van der Waals surface area contributed by atoms with Crippen molar-refractivity contribution >= 4 is 23.8 Å². The van der Waals surface area contributed by atoms with Gasteiger partial charge in [0, 0.05) is 52.1 Å². The number of nitrogens with one attached hydrogen (secondary N) is 2. The van der Waals surface area contributed by atoms with Gasteiger partial charge in [-0.3, -0.25) is 29.0 Å². The van der Waals surface area contributed by atoms with Gasteiger partial charge in [0.05, 0.1) is 50.5 Å². The number of piperazine rings is 1. The quantitative estimate of drug-likeness (QED) is 0.0249. The fourth-order valence-electron chi connectivity index (χ4n) is 14.7. The molecule has 1 rings (SSSR count). The third-order valence-corrected chi connectivity index (χ3v) is 21.3. The second-order valence-electron chi connectivity index (χ2n) is 31.3. The largest absolute Gasteiger partial charge is 0.466 e. The number of ether oxygens (including phenoxy) is 2. The fraction of sp³-hybridized carbons (Fsp3) is 0.953. The highest BCUT2D eigenvalue weighted by molar-refractivity contribution is 5.96. The molecule has 14 nitrogen and oxygen atoms in total. The lowest BCUT2D eigenvalue weighted by atomic mass is 10.0. The zero-order valence-electron chi connectivity index (χ0n) is 66.5. The van der Waals surface area contributed by atoms with Crippen molar-refractivity contribution in [1.29, 1.82) is 0 Å². The first-order valence-corrected chi connectivity index (χ1v) is 44.0. The lowest BCUT2D eigenvalue weighted by Crippen LogP contribution is -2.62. The fourth-order valence-corrected chi connectivity index (χ4v) is 14.7. The summed E-state index contributed by atoms with van der Waals surface area (Å²) in [7, 11) is 0. The normalized spacial score (nSPS) is 15.4. The molecule has 6 N–H and O–H groups in total. The number of aliphatic hydroxyl groups excluding tert-OH is 4. The Labute approximate surface area is 617 Å². The molecule has 1 saturated heterocycles. The van der Waals surface area contributed by atoms with E-state index in [2.05, 4.69) is 38.3 Å². The van der Waals surface area contributed by atoms with E-state index in [4.69, 9.17) is 9.47 Å². The number of unbranched alkanes of at least 4 members (excludes halogenated alkanes) is 52. The maximum absolute atomic E-state index is 13.2. The summed E-state index contributed by atoms with van der Waals surface area (Å²) in [6.45, 7) is 11.1. The van der Waals surface area contributed by atoms with E-state index in [9.17, 15) is 39.6 Å². The van der Waals surface area contributed by atoms with E-state index in [-0.39, 0.29) is 38.9 Å². The van der Waals surface area contributed by atoms with E-state index in [0.717, 1.165) is 51.4 Å². The van der Waals surface area contributed by atoms with E-state index in [1.807, 2.05) is 9.80 Å². The summed E-state index contributed by atoms with van der Waals surface area (Å²) in [6, 6.07) is -1.77. The number of hydrogen-bond acceptors (Lipinski definition) is 12. The van der Waals surface area contributed by atoms with Crippen LogP contribution in [0.4, 0.5) is 0 Å². The number of rotatable bonds is 80. The van der Waals surface area contributed by atoms with Gasteiger partial charge in [-0.2, -0.15) is 0 Å². The minimum atomic E-state index is -0.883. The average Bonchev–Trinajstić information content (AvgIpc) is 0.850. The molecule has 1 aliphatic heterocycles. The Morgan fingerprint density at radius 2 is 0.470 bits per heavy atom. The molecule has 0 radical (unpaired) electrons. The van der Waals surface area contributed by atoms with Gasteiger partial charge in [0.25, 0.3) is 0 Å². The van der Waals surface area contributed by atoms with Crippen molar-refractivity contribution in [3.05, 3.63) is 0 Å². The van der Waals surface area contributed by atoms with Crippen LogP contribution in [0.3, 0.4) is 0 Å². The second-order valence-corrected chi connectivity index (χ2v) is 31.3. The number of hydrogen-bond donors (Lipinski definition) is 6. The van der Waals surface area contributed by atoms with Crippen molar-refractivity contribution in [2.24, 2.45) is 0 Å².